The van der Waals surface area contributed by atoms with Crippen molar-refractivity contribution in [3.63, 3.8) is 0 Å². The highest BCUT2D eigenvalue weighted by Gasteiger charge is 2.04. The van der Waals surface area contributed by atoms with Gasteiger partial charge in [0, 0.05) is 23.9 Å². The third-order valence-corrected chi connectivity index (χ3v) is 4.00. The van der Waals surface area contributed by atoms with Gasteiger partial charge in [0.1, 0.15) is 17.5 Å². The van der Waals surface area contributed by atoms with E-state index in [2.05, 4.69) is 51.8 Å². The third-order valence-electron chi connectivity index (χ3n) is 4.00. The molecule has 1 aromatic heterocycles. The number of hydrogen-bond donors (Lipinski definition) is 2. The van der Waals surface area contributed by atoms with Crippen molar-refractivity contribution in [2.75, 3.05) is 10.6 Å². The second kappa shape index (κ2) is 7.78. The summed E-state index contributed by atoms with van der Waals surface area (Å²) in [6.07, 6.45) is 0. The van der Waals surface area contributed by atoms with E-state index in [-0.39, 0.29) is 5.78 Å². The molecule has 1 heterocycles. The Kier molecular flexibility index (Phi) is 5.27. The number of aryl methyl sites for hydroxylation is 2. The van der Waals surface area contributed by atoms with E-state index in [1.807, 2.05) is 25.1 Å². The van der Waals surface area contributed by atoms with Gasteiger partial charge in [-0.05, 0) is 50.6 Å². The summed E-state index contributed by atoms with van der Waals surface area (Å²) in [6, 6.07) is 17.6. The quantitative estimate of drug-likeness (QED) is 0.636. The van der Waals surface area contributed by atoms with E-state index in [1.54, 1.807) is 19.1 Å². The maximum absolute atomic E-state index is 11.4. The molecule has 0 aliphatic carbocycles. The molecule has 0 fully saturated rings. The Morgan fingerprint density at radius 1 is 0.923 bits per heavy atom. The first-order valence-corrected chi connectivity index (χ1v) is 8.53. The van der Waals surface area contributed by atoms with Crippen LogP contribution in [-0.2, 0) is 6.54 Å². The molecule has 0 saturated heterocycles. The molecule has 3 aromatic rings. The molecule has 5 nitrogen and oxygen atoms in total. The Bertz CT molecular complexity index is 902. The molecular formula is C21H22N4O. The Morgan fingerprint density at radius 2 is 1.58 bits per heavy atom. The van der Waals surface area contributed by atoms with Gasteiger partial charge >= 0.3 is 0 Å². The minimum absolute atomic E-state index is 0.0528. The third kappa shape index (κ3) is 4.66. The molecule has 2 aromatic carbocycles. The molecule has 0 aliphatic rings. The molecular weight excluding hydrogens is 324 g/mol. The van der Waals surface area contributed by atoms with E-state index >= 15 is 0 Å². The Morgan fingerprint density at radius 3 is 2.23 bits per heavy atom. The normalized spacial score (nSPS) is 10.4. The summed E-state index contributed by atoms with van der Waals surface area (Å²) in [5, 5.41) is 6.59. The molecule has 0 radical (unpaired) electrons. The first kappa shape index (κ1) is 17.6. The van der Waals surface area contributed by atoms with Gasteiger partial charge in [0.25, 0.3) is 0 Å². The van der Waals surface area contributed by atoms with Gasteiger partial charge < -0.3 is 10.6 Å². The number of rotatable bonds is 6. The number of benzene rings is 2. The van der Waals surface area contributed by atoms with Gasteiger partial charge in [-0.2, -0.15) is 0 Å². The summed E-state index contributed by atoms with van der Waals surface area (Å²) in [6.45, 7) is 6.19. The van der Waals surface area contributed by atoms with Crippen molar-refractivity contribution >= 4 is 23.1 Å². The van der Waals surface area contributed by atoms with Crippen LogP contribution >= 0.6 is 0 Å². The fourth-order valence-corrected chi connectivity index (χ4v) is 2.56. The lowest BCUT2D eigenvalue weighted by molar-refractivity contribution is 0.101. The highest BCUT2D eigenvalue weighted by atomic mass is 16.1. The number of hydrogen-bond acceptors (Lipinski definition) is 5. The second-order valence-corrected chi connectivity index (χ2v) is 6.28. The number of carbonyl (C=O) groups excluding carboxylic acids is 1. The summed E-state index contributed by atoms with van der Waals surface area (Å²) < 4.78 is 0. The zero-order chi connectivity index (χ0) is 18.5. The zero-order valence-electron chi connectivity index (χ0n) is 15.2. The molecule has 0 amide bonds. The van der Waals surface area contributed by atoms with Crippen LogP contribution in [0.5, 0.6) is 0 Å². The van der Waals surface area contributed by atoms with Gasteiger partial charge in [-0.15, -0.1) is 0 Å². The summed E-state index contributed by atoms with van der Waals surface area (Å²) in [4.78, 5) is 20.2. The SMILES string of the molecule is CC(=O)c1ccc(Nc2cc(NCc3ccc(C)cc3)nc(C)n2)cc1. The fourth-order valence-electron chi connectivity index (χ4n) is 2.56. The standard InChI is InChI=1S/C21H22N4O/c1-14-4-6-17(7-5-14)13-22-20-12-21(24-16(3)23-20)25-19-10-8-18(9-11-19)15(2)26/h4-12H,13H2,1-3H3,(H2,22,23,24,25). The Balaban J connectivity index is 1.70. The zero-order valence-corrected chi connectivity index (χ0v) is 15.2. The molecule has 0 atom stereocenters. The van der Waals surface area contributed by atoms with E-state index in [4.69, 9.17) is 0 Å². The topological polar surface area (TPSA) is 66.9 Å². The smallest absolute Gasteiger partial charge is 0.159 e. The number of Topliss-reactive ketones (excluding diaryl/α,β-unsaturated/α-hetero) is 1. The predicted molar refractivity (Wildman–Crippen MR) is 105 cm³/mol. The maximum atomic E-state index is 11.4. The van der Waals surface area contributed by atoms with Gasteiger partial charge in [0.15, 0.2) is 5.78 Å². The number of ketones is 1. The minimum Gasteiger partial charge on any atom is -0.366 e. The molecule has 5 heteroatoms. The van der Waals surface area contributed by atoms with E-state index in [0.717, 1.165) is 11.5 Å². The van der Waals surface area contributed by atoms with Crippen molar-refractivity contribution in [2.24, 2.45) is 0 Å². The van der Waals surface area contributed by atoms with Crippen LogP contribution in [0.15, 0.2) is 54.6 Å². The summed E-state index contributed by atoms with van der Waals surface area (Å²) >= 11 is 0. The van der Waals surface area contributed by atoms with Gasteiger partial charge in [-0.3, -0.25) is 4.79 Å². The van der Waals surface area contributed by atoms with Gasteiger partial charge in [-0.25, -0.2) is 9.97 Å². The summed E-state index contributed by atoms with van der Waals surface area (Å²) in [5.74, 6) is 2.21. The average molecular weight is 346 g/mol. The van der Waals surface area contributed by atoms with Gasteiger partial charge in [0.05, 0.1) is 0 Å². The lowest BCUT2D eigenvalue weighted by Crippen LogP contribution is -2.05. The molecule has 26 heavy (non-hydrogen) atoms. The molecule has 0 bridgehead atoms. The first-order chi connectivity index (χ1) is 12.5. The van der Waals surface area contributed by atoms with E-state index in [1.165, 1.54) is 11.1 Å². The number of aromatic nitrogens is 2. The summed E-state index contributed by atoms with van der Waals surface area (Å²) in [7, 11) is 0. The van der Waals surface area contributed by atoms with Crippen LogP contribution in [0.4, 0.5) is 17.3 Å². The van der Waals surface area contributed by atoms with Crippen LogP contribution in [0.3, 0.4) is 0 Å². The molecule has 0 unspecified atom stereocenters. The van der Waals surface area contributed by atoms with Crippen molar-refractivity contribution in [2.45, 2.75) is 27.3 Å². The number of anilines is 3. The minimum atomic E-state index is 0.0528. The number of nitrogens with zero attached hydrogens (tertiary/aromatic N) is 2. The molecule has 132 valence electrons. The summed E-state index contributed by atoms with van der Waals surface area (Å²) in [5.41, 5.74) is 4.00. The van der Waals surface area contributed by atoms with Crippen LogP contribution in [-0.4, -0.2) is 15.8 Å². The fraction of sp³-hybridized carbons (Fsp3) is 0.190. The van der Waals surface area contributed by atoms with Crippen LogP contribution in [0.25, 0.3) is 0 Å². The Hall–Kier alpha value is -3.21. The highest BCUT2D eigenvalue weighted by Crippen LogP contribution is 2.19. The number of nitrogens with one attached hydrogen (secondary N) is 2. The van der Waals surface area contributed by atoms with E-state index < -0.39 is 0 Å². The highest BCUT2D eigenvalue weighted by molar-refractivity contribution is 5.94. The van der Waals surface area contributed by atoms with Crippen molar-refractivity contribution < 1.29 is 4.79 Å². The molecule has 2 N–H and O–H groups in total. The molecule has 3 rings (SSSR count). The largest absolute Gasteiger partial charge is 0.366 e. The van der Waals surface area contributed by atoms with Crippen molar-refractivity contribution in [3.8, 4) is 0 Å². The van der Waals surface area contributed by atoms with Crippen molar-refractivity contribution in [1.29, 1.82) is 0 Å². The molecule has 0 saturated carbocycles. The molecule has 0 spiro atoms. The number of carbonyl (C=O) groups is 1. The monoisotopic (exact) mass is 346 g/mol. The lowest BCUT2D eigenvalue weighted by Gasteiger charge is -2.11. The Labute approximate surface area is 153 Å². The van der Waals surface area contributed by atoms with Crippen molar-refractivity contribution in [3.05, 3.63) is 77.1 Å². The van der Waals surface area contributed by atoms with Gasteiger partial charge in [0.2, 0.25) is 0 Å². The van der Waals surface area contributed by atoms with Crippen LogP contribution < -0.4 is 10.6 Å². The van der Waals surface area contributed by atoms with Crippen molar-refractivity contribution in [1.82, 2.24) is 9.97 Å². The van der Waals surface area contributed by atoms with E-state index in [9.17, 15) is 4.79 Å². The van der Waals surface area contributed by atoms with Gasteiger partial charge in [-0.1, -0.05) is 29.8 Å². The van der Waals surface area contributed by atoms with Crippen LogP contribution in [0, 0.1) is 13.8 Å². The van der Waals surface area contributed by atoms with Crippen LogP contribution in [0.2, 0.25) is 0 Å². The van der Waals surface area contributed by atoms with Crippen LogP contribution in [0.1, 0.15) is 34.2 Å². The van der Waals surface area contributed by atoms with E-state index in [0.29, 0.717) is 23.8 Å². The predicted octanol–water partition coefficient (Wildman–Crippen LogP) is 4.65. The average Bonchev–Trinajstić information content (AvgIpc) is 2.61. The lowest BCUT2D eigenvalue weighted by atomic mass is 10.1. The first-order valence-electron chi connectivity index (χ1n) is 8.53. The molecule has 0 aliphatic heterocycles. The second-order valence-electron chi connectivity index (χ2n) is 6.28. The maximum Gasteiger partial charge on any atom is 0.159 e.